The van der Waals surface area contributed by atoms with Crippen LogP contribution in [0.25, 0.3) is 0 Å². The van der Waals surface area contributed by atoms with Crippen LogP contribution in [0.15, 0.2) is 0 Å². The van der Waals surface area contributed by atoms with Gasteiger partial charge in [0, 0.05) is 27.1 Å². The van der Waals surface area contributed by atoms with Crippen molar-refractivity contribution in [3.05, 3.63) is 10.6 Å². The van der Waals surface area contributed by atoms with Gasteiger partial charge >= 0.3 is 0 Å². The van der Waals surface area contributed by atoms with Crippen LogP contribution in [0.4, 0.5) is 5.13 Å². The van der Waals surface area contributed by atoms with Gasteiger partial charge in [-0.1, -0.05) is 11.3 Å². The van der Waals surface area contributed by atoms with E-state index < -0.39 is 0 Å². The second-order valence-electron chi connectivity index (χ2n) is 4.73. The maximum absolute atomic E-state index is 11.9. The first kappa shape index (κ1) is 15.6. The molecule has 0 fully saturated rings. The zero-order chi connectivity index (χ0) is 14.6. The van der Waals surface area contributed by atoms with Crippen molar-refractivity contribution in [2.45, 2.75) is 13.3 Å². The quantitative estimate of drug-likeness (QED) is 0.877. The molecule has 7 heteroatoms. The second kappa shape index (κ2) is 6.63. The summed E-state index contributed by atoms with van der Waals surface area (Å²) in [6.07, 6.45) is 0.405. The summed E-state index contributed by atoms with van der Waals surface area (Å²) in [5, 5.41) is 3.20. The first-order valence-electron chi connectivity index (χ1n) is 5.95. The van der Waals surface area contributed by atoms with Crippen molar-refractivity contribution in [3.8, 4) is 0 Å². The van der Waals surface area contributed by atoms with Gasteiger partial charge in [0.25, 0.3) is 5.91 Å². The number of carbonyl (C=O) groups excluding carboxylic acids is 2. The minimum atomic E-state index is -0.0937. The Bertz CT molecular complexity index is 468. The summed E-state index contributed by atoms with van der Waals surface area (Å²) in [7, 11) is 7.21. The molecule has 1 heterocycles. The Labute approximate surface area is 117 Å². The van der Waals surface area contributed by atoms with Gasteiger partial charge in [-0.05, 0) is 21.0 Å². The fourth-order valence-electron chi connectivity index (χ4n) is 1.36. The van der Waals surface area contributed by atoms with Crippen molar-refractivity contribution >= 4 is 28.3 Å². The first-order valence-corrected chi connectivity index (χ1v) is 6.76. The lowest BCUT2D eigenvalue weighted by molar-refractivity contribution is -0.116. The number of aryl methyl sites for hydroxylation is 1. The van der Waals surface area contributed by atoms with Gasteiger partial charge in [0.2, 0.25) is 5.91 Å². The molecule has 0 aliphatic heterocycles. The highest BCUT2D eigenvalue weighted by molar-refractivity contribution is 7.17. The standard InChI is InChI=1S/C12H20N4O2S/c1-8-10(11(18)16(4)5)19-12(13-8)14-9(17)6-7-15(2)3/h6-7H2,1-5H3,(H,13,14,17). The smallest absolute Gasteiger partial charge is 0.265 e. The van der Waals surface area contributed by atoms with Crippen molar-refractivity contribution < 1.29 is 9.59 Å². The van der Waals surface area contributed by atoms with E-state index in [1.165, 1.54) is 16.2 Å². The molecule has 0 aromatic carbocycles. The van der Waals surface area contributed by atoms with Gasteiger partial charge in [-0.15, -0.1) is 0 Å². The zero-order valence-corrected chi connectivity index (χ0v) is 12.8. The topological polar surface area (TPSA) is 65.5 Å². The number of aromatic nitrogens is 1. The van der Waals surface area contributed by atoms with Crippen LogP contribution < -0.4 is 5.32 Å². The van der Waals surface area contributed by atoms with Crippen molar-refractivity contribution in [1.29, 1.82) is 0 Å². The molecular weight excluding hydrogens is 264 g/mol. The lowest BCUT2D eigenvalue weighted by atomic mass is 10.3. The van der Waals surface area contributed by atoms with Crippen LogP contribution in [-0.4, -0.2) is 61.3 Å². The highest BCUT2D eigenvalue weighted by Gasteiger charge is 2.17. The minimum absolute atomic E-state index is 0.0914. The lowest BCUT2D eigenvalue weighted by Crippen LogP contribution is -2.21. The maximum Gasteiger partial charge on any atom is 0.265 e. The van der Waals surface area contributed by atoms with Crippen molar-refractivity contribution in [3.63, 3.8) is 0 Å². The van der Waals surface area contributed by atoms with Crippen LogP contribution >= 0.6 is 11.3 Å². The Morgan fingerprint density at radius 2 is 1.89 bits per heavy atom. The fraction of sp³-hybridized carbons (Fsp3) is 0.583. The summed E-state index contributed by atoms with van der Waals surface area (Å²) in [5.74, 6) is -0.185. The number of carbonyl (C=O) groups is 2. The van der Waals surface area contributed by atoms with Crippen LogP contribution in [0.5, 0.6) is 0 Å². The molecule has 106 valence electrons. The Kier molecular flexibility index (Phi) is 5.44. The van der Waals surface area contributed by atoms with E-state index >= 15 is 0 Å². The SMILES string of the molecule is Cc1nc(NC(=O)CCN(C)C)sc1C(=O)N(C)C. The number of nitrogens with one attached hydrogen (secondary N) is 1. The molecule has 0 radical (unpaired) electrons. The molecule has 19 heavy (non-hydrogen) atoms. The number of rotatable bonds is 5. The summed E-state index contributed by atoms with van der Waals surface area (Å²) < 4.78 is 0. The monoisotopic (exact) mass is 284 g/mol. The van der Waals surface area contributed by atoms with Gasteiger partial charge in [-0.25, -0.2) is 4.98 Å². The van der Waals surface area contributed by atoms with E-state index in [-0.39, 0.29) is 11.8 Å². The number of nitrogens with zero attached hydrogens (tertiary/aromatic N) is 3. The normalized spacial score (nSPS) is 10.6. The molecule has 0 bridgehead atoms. The highest BCUT2D eigenvalue weighted by Crippen LogP contribution is 2.23. The van der Waals surface area contributed by atoms with Crippen molar-refractivity contribution in [2.24, 2.45) is 0 Å². The van der Waals surface area contributed by atoms with E-state index in [4.69, 9.17) is 0 Å². The Morgan fingerprint density at radius 3 is 2.42 bits per heavy atom. The number of hydrogen-bond acceptors (Lipinski definition) is 5. The second-order valence-corrected chi connectivity index (χ2v) is 5.73. The van der Waals surface area contributed by atoms with E-state index in [9.17, 15) is 9.59 Å². The van der Waals surface area contributed by atoms with Crippen LogP contribution in [0.3, 0.4) is 0 Å². The van der Waals surface area contributed by atoms with E-state index in [0.29, 0.717) is 28.7 Å². The lowest BCUT2D eigenvalue weighted by Gasteiger charge is -2.08. The van der Waals surface area contributed by atoms with Crippen molar-refractivity contribution in [2.75, 3.05) is 40.1 Å². The summed E-state index contributed by atoms with van der Waals surface area (Å²) in [6, 6.07) is 0. The molecule has 6 nitrogen and oxygen atoms in total. The Balaban J connectivity index is 2.68. The highest BCUT2D eigenvalue weighted by atomic mass is 32.1. The molecule has 0 spiro atoms. The fourth-order valence-corrected chi connectivity index (χ4v) is 2.36. The van der Waals surface area contributed by atoms with Gasteiger partial charge in [0.15, 0.2) is 5.13 Å². The third-order valence-corrected chi connectivity index (χ3v) is 3.49. The molecule has 1 aromatic heterocycles. The predicted octanol–water partition coefficient (Wildman–Crippen LogP) is 1.04. The molecule has 1 aromatic rings. The Hall–Kier alpha value is -1.47. The summed E-state index contributed by atoms with van der Waals surface area (Å²) in [5.41, 5.74) is 0.645. The van der Waals surface area contributed by atoms with Gasteiger partial charge < -0.3 is 15.1 Å². The van der Waals surface area contributed by atoms with Gasteiger partial charge in [0.1, 0.15) is 4.88 Å². The maximum atomic E-state index is 11.9. The number of amides is 2. The third-order valence-electron chi connectivity index (χ3n) is 2.43. The van der Waals surface area contributed by atoms with Crippen LogP contribution in [-0.2, 0) is 4.79 Å². The number of hydrogen-bond donors (Lipinski definition) is 1. The van der Waals surface area contributed by atoms with Gasteiger partial charge in [-0.3, -0.25) is 9.59 Å². The number of thiazole rings is 1. The largest absolute Gasteiger partial charge is 0.344 e. The predicted molar refractivity (Wildman–Crippen MR) is 76.7 cm³/mol. The molecule has 0 atom stereocenters. The Morgan fingerprint density at radius 1 is 1.26 bits per heavy atom. The van der Waals surface area contributed by atoms with Gasteiger partial charge in [-0.2, -0.15) is 0 Å². The summed E-state index contributed by atoms with van der Waals surface area (Å²) in [6.45, 7) is 2.45. The average Bonchev–Trinajstić information content (AvgIpc) is 2.66. The molecule has 1 N–H and O–H groups in total. The molecule has 0 saturated heterocycles. The zero-order valence-electron chi connectivity index (χ0n) is 12.0. The van der Waals surface area contributed by atoms with Crippen LogP contribution in [0.1, 0.15) is 21.8 Å². The van der Waals surface area contributed by atoms with E-state index in [2.05, 4.69) is 10.3 Å². The van der Waals surface area contributed by atoms with E-state index in [1.807, 2.05) is 19.0 Å². The average molecular weight is 284 g/mol. The first-order chi connectivity index (χ1) is 8.81. The van der Waals surface area contributed by atoms with Gasteiger partial charge in [0.05, 0.1) is 5.69 Å². The molecule has 0 aliphatic carbocycles. The van der Waals surface area contributed by atoms with E-state index in [1.54, 1.807) is 21.0 Å². The van der Waals surface area contributed by atoms with Crippen LogP contribution in [0, 0.1) is 6.92 Å². The van der Waals surface area contributed by atoms with Crippen LogP contribution in [0.2, 0.25) is 0 Å². The summed E-state index contributed by atoms with van der Waals surface area (Å²) >= 11 is 1.21. The summed E-state index contributed by atoms with van der Waals surface area (Å²) in [4.78, 5) is 31.7. The molecule has 0 saturated carbocycles. The molecule has 0 aliphatic rings. The molecule has 0 unspecified atom stereocenters. The molecule has 2 amide bonds. The minimum Gasteiger partial charge on any atom is -0.344 e. The van der Waals surface area contributed by atoms with E-state index in [0.717, 1.165) is 0 Å². The number of anilines is 1. The third kappa shape index (κ3) is 4.60. The molecule has 1 rings (SSSR count). The van der Waals surface area contributed by atoms with Crippen molar-refractivity contribution in [1.82, 2.24) is 14.8 Å². The molecular formula is C12H20N4O2S.